The van der Waals surface area contributed by atoms with Gasteiger partial charge in [0.25, 0.3) is 0 Å². The van der Waals surface area contributed by atoms with Crippen LogP contribution in [-0.2, 0) is 0 Å². The molecule has 1 N–H and O–H groups in total. The Morgan fingerprint density at radius 1 is 1.26 bits per heavy atom. The minimum atomic E-state index is -0.0677. The van der Waals surface area contributed by atoms with Crippen LogP contribution in [0.4, 0.5) is 5.82 Å². The molecule has 100 valence electrons. The van der Waals surface area contributed by atoms with Crippen molar-refractivity contribution in [2.45, 2.75) is 20.0 Å². The van der Waals surface area contributed by atoms with Gasteiger partial charge in [-0.15, -0.1) is 0 Å². The fourth-order valence-corrected chi connectivity index (χ4v) is 2.12. The Hall–Kier alpha value is -1.62. The highest BCUT2D eigenvalue weighted by Gasteiger charge is 2.13. The van der Waals surface area contributed by atoms with Crippen molar-refractivity contribution in [1.29, 1.82) is 0 Å². The molecule has 1 unspecified atom stereocenters. The first-order valence-corrected chi connectivity index (χ1v) is 6.97. The summed E-state index contributed by atoms with van der Waals surface area (Å²) in [6.45, 7) is 4.81. The van der Waals surface area contributed by atoms with E-state index >= 15 is 0 Å². The number of benzene rings is 1. The molecular weight excluding hydrogens is 306 g/mol. The third-order valence-electron chi connectivity index (χ3n) is 2.66. The summed E-state index contributed by atoms with van der Waals surface area (Å²) >= 11 is 3.47. The quantitative estimate of drug-likeness (QED) is 0.909. The van der Waals surface area contributed by atoms with Crippen LogP contribution in [0.3, 0.4) is 0 Å². The molecule has 1 aromatic heterocycles. The van der Waals surface area contributed by atoms with Crippen molar-refractivity contribution in [2.24, 2.45) is 0 Å². The van der Waals surface area contributed by atoms with Gasteiger partial charge in [0, 0.05) is 6.54 Å². The highest BCUT2D eigenvalue weighted by Crippen LogP contribution is 2.31. The Kier molecular flexibility index (Phi) is 4.74. The second-order valence-corrected chi connectivity index (χ2v) is 4.84. The van der Waals surface area contributed by atoms with Gasteiger partial charge >= 0.3 is 0 Å². The van der Waals surface area contributed by atoms with E-state index in [9.17, 15) is 0 Å². The molecule has 0 aliphatic carbocycles. The van der Waals surface area contributed by atoms with Crippen LogP contribution >= 0.6 is 15.9 Å². The van der Waals surface area contributed by atoms with E-state index in [4.69, 9.17) is 4.74 Å². The maximum atomic E-state index is 5.88. The van der Waals surface area contributed by atoms with Crippen molar-refractivity contribution in [3.05, 3.63) is 46.7 Å². The molecule has 2 aromatic rings. The van der Waals surface area contributed by atoms with Crippen molar-refractivity contribution >= 4 is 21.7 Å². The molecule has 1 heterocycles. The van der Waals surface area contributed by atoms with Crippen LogP contribution in [0.2, 0.25) is 0 Å². The average Bonchev–Trinajstić information content (AvgIpc) is 2.44. The first-order chi connectivity index (χ1) is 9.22. The molecule has 1 aromatic carbocycles. The van der Waals surface area contributed by atoms with E-state index in [1.807, 2.05) is 44.2 Å². The van der Waals surface area contributed by atoms with E-state index in [1.165, 1.54) is 6.33 Å². The van der Waals surface area contributed by atoms with Crippen LogP contribution < -0.4 is 10.1 Å². The number of rotatable bonds is 5. The maximum absolute atomic E-state index is 5.88. The number of hydrogen-bond acceptors (Lipinski definition) is 4. The van der Waals surface area contributed by atoms with E-state index in [0.29, 0.717) is 5.88 Å². The Morgan fingerprint density at radius 3 is 2.68 bits per heavy atom. The number of halogens is 1. The van der Waals surface area contributed by atoms with Crippen molar-refractivity contribution in [2.75, 3.05) is 11.9 Å². The first-order valence-electron chi connectivity index (χ1n) is 6.18. The van der Waals surface area contributed by atoms with Gasteiger partial charge in [0.05, 0.1) is 0 Å². The third-order valence-corrected chi connectivity index (χ3v) is 3.37. The summed E-state index contributed by atoms with van der Waals surface area (Å²) in [4.78, 5) is 8.33. The summed E-state index contributed by atoms with van der Waals surface area (Å²) < 4.78 is 6.63. The Labute approximate surface area is 121 Å². The lowest BCUT2D eigenvalue weighted by Gasteiger charge is -2.16. The molecule has 0 amide bonds. The number of nitrogens with zero attached hydrogens (tertiary/aromatic N) is 2. The predicted molar refractivity (Wildman–Crippen MR) is 79.4 cm³/mol. The molecular formula is C14H16BrN3O. The lowest BCUT2D eigenvalue weighted by atomic mass is 10.1. The fraction of sp³-hybridized carbons (Fsp3) is 0.286. The summed E-state index contributed by atoms with van der Waals surface area (Å²) in [5.74, 6) is 1.29. The number of nitrogens with one attached hydrogen (secondary N) is 1. The normalized spacial score (nSPS) is 11.9. The minimum absolute atomic E-state index is 0.0677. The van der Waals surface area contributed by atoms with Gasteiger partial charge in [-0.1, -0.05) is 30.3 Å². The molecule has 2 rings (SSSR count). The molecule has 0 spiro atoms. The van der Waals surface area contributed by atoms with Gasteiger partial charge in [0.1, 0.15) is 22.7 Å². The average molecular weight is 322 g/mol. The topological polar surface area (TPSA) is 47.0 Å². The maximum Gasteiger partial charge on any atom is 0.233 e. The largest absolute Gasteiger partial charge is 0.469 e. The summed E-state index contributed by atoms with van der Waals surface area (Å²) in [5, 5.41) is 3.15. The highest BCUT2D eigenvalue weighted by atomic mass is 79.9. The van der Waals surface area contributed by atoms with Crippen molar-refractivity contribution < 1.29 is 4.74 Å². The summed E-state index contributed by atoms with van der Waals surface area (Å²) in [6.07, 6.45) is 1.43. The minimum Gasteiger partial charge on any atom is -0.469 e. The lowest BCUT2D eigenvalue weighted by Crippen LogP contribution is -2.07. The Balaban J connectivity index is 2.17. The lowest BCUT2D eigenvalue weighted by molar-refractivity contribution is 0.215. The number of ether oxygens (including phenoxy) is 1. The number of hydrogen-bond donors (Lipinski definition) is 1. The van der Waals surface area contributed by atoms with E-state index in [2.05, 4.69) is 31.2 Å². The first kappa shape index (κ1) is 13.8. The fourth-order valence-electron chi connectivity index (χ4n) is 1.69. The standard InChI is InChI=1S/C14H16BrN3O/c1-3-16-13-12(15)14(18-9-17-13)19-10(2)11-7-5-4-6-8-11/h4-10H,3H2,1-2H3,(H,16,17,18). The molecule has 1 atom stereocenters. The molecule has 0 radical (unpaired) electrons. The van der Waals surface area contributed by atoms with Crippen LogP contribution in [0.25, 0.3) is 0 Å². The van der Waals surface area contributed by atoms with Gasteiger partial charge < -0.3 is 10.1 Å². The van der Waals surface area contributed by atoms with Gasteiger partial charge in [-0.25, -0.2) is 9.97 Å². The van der Waals surface area contributed by atoms with Gasteiger partial charge in [0.2, 0.25) is 5.88 Å². The molecule has 0 aliphatic rings. The van der Waals surface area contributed by atoms with E-state index < -0.39 is 0 Å². The SMILES string of the molecule is CCNc1ncnc(OC(C)c2ccccc2)c1Br. The van der Waals surface area contributed by atoms with Crippen LogP contribution in [0.15, 0.2) is 41.1 Å². The molecule has 4 nitrogen and oxygen atoms in total. The van der Waals surface area contributed by atoms with Crippen molar-refractivity contribution in [1.82, 2.24) is 9.97 Å². The van der Waals surface area contributed by atoms with Crippen LogP contribution in [0.1, 0.15) is 25.5 Å². The molecule has 0 saturated carbocycles. The van der Waals surface area contributed by atoms with Gasteiger partial charge in [-0.2, -0.15) is 0 Å². The monoisotopic (exact) mass is 321 g/mol. The molecule has 0 bridgehead atoms. The Morgan fingerprint density at radius 2 is 2.00 bits per heavy atom. The van der Waals surface area contributed by atoms with Crippen molar-refractivity contribution in [3.63, 3.8) is 0 Å². The van der Waals surface area contributed by atoms with Crippen LogP contribution in [-0.4, -0.2) is 16.5 Å². The highest BCUT2D eigenvalue weighted by molar-refractivity contribution is 9.10. The summed E-state index contributed by atoms with van der Waals surface area (Å²) in [6, 6.07) is 10.0. The van der Waals surface area contributed by atoms with Gasteiger partial charge in [-0.3, -0.25) is 0 Å². The molecule has 0 saturated heterocycles. The van der Waals surface area contributed by atoms with Crippen LogP contribution in [0.5, 0.6) is 5.88 Å². The number of anilines is 1. The molecule has 19 heavy (non-hydrogen) atoms. The third kappa shape index (κ3) is 3.44. The zero-order chi connectivity index (χ0) is 13.7. The van der Waals surface area contributed by atoms with Crippen molar-refractivity contribution in [3.8, 4) is 5.88 Å². The molecule has 0 aliphatic heterocycles. The van der Waals surface area contributed by atoms with E-state index in [-0.39, 0.29) is 6.10 Å². The second-order valence-electron chi connectivity index (χ2n) is 4.04. The molecule has 0 fully saturated rings. The second kappa shape index (κ2) is 6.52. The van der Waals surface area contributed by atoms with Gasteiger partial charge in [0.15, 0.2) is 0 Å². The zero-order valence-electron chi connectivity index (χ0n) is 10.9. The van der Waals surface area contributed by atoms with E-state index in [1.54, 1.807) is 0 Å². The number of aromatic nitrogens is 2. The van der Waals surface area contributed by atoms with Crippen LogP contribution in [0, 0.1) is 0 Å². The smallest absolute Gasteiger partial charge is 0.233 e. The zero-order valence-corrected chi connectivity index (χ0v) is 12.5. The summed E-state index contributed by atoms with van der Waals surface area (Å²) in [7, 11) is 0. The Bertz CT molecular complexity index is 533. The van der Waals surface area contributed by atoms with Gasteiger partial charge in [-0.05, 0) is 35.3 Å². The predicted octanol–water partition coefficient (Wildman–Crippen LogP) is 3.81. The summed E-state index contributed by atoms with van der Waals surface area (Å²) in [5.41, 5.74) is 1.11. The molecule has 5 heteroatoms. The van der Waals surface area contributed by atoms with E-state index in [0.717, 1.165) is 22.4 Å².